The first-order valence-corrected chi connectivity index (χ1v) is 9.94. The summed E-state index contributed by atoms with van der Waals surface area (Å²) < 4.78 is 5.86. The Morgan fingerprint density at radius 1 is 1.11 bits per heavy atom. The molecule has 28 heavy (non-hydrogen) atoms. The van der Waals surface area contributed by atoms with Crippen LogP contribution in [0.2, 0.25) is 0 Å². The summed E-state index contributed by atoms with van der Waals surface area (Å²) in [7, 11) is 0. The Balaban J connectivity index is 1.43. The first-order valence-electron chi connectivity index (χ1n) is 9.94. The Bertz CT molecular complexity index is 823. The maximum atomic E-state index is 12.2. The maximum absolute atomic E-state index is 12.2. The predicted molar refractivity (Wildman–Crippen MR) is 109 cm³/mol. The van der Waals surface area contributed by atoms with Gasteiger partial charge in [-0.2, -0.15) is 5.26 Å². The van der Waals surface area contributed by atoms with Crippen LogP contribution in [0.25, 0.3) is 0 Å². The van der Waals surface area contributed by atoms with Gasteiger partial charge in [-0.05, 0) is 43.0 Å². The number of ether oxygens (including phenoxy) is 1. The van der Waals surface area contributed by atoms with Gasteiger partial charge in [-0.25, -0.2) is 0 Å². The van der Waals surface area contributed by atoms with E-state index in [4.69, 9.17) is 10.00 Å². The molecular formula is C23H27N3O2. The normalized spacial score (nSPS) is 13.8. The Morgan fingerprint density at radius 2 is 1.93 bits per heavy atom. The molecule has 1 amide bonds. The van der Waals surface area contributed by atoms with Gasteiger partial charge in [0.2, 0.25) is 5.91 Å². The van der Waals surface area contributed by atoms with Crippen molar-refractivity contribution < 1.29 is 9.53 Å². The maximum Gasteiger partial charge on any atom is 0.223 e. The Morgan fingerprint density at radius 3 is 2.75 bits per heavy atom. The molecule has 0 bridgehead atoms. The van der Waals surface area contributed by atoms with E-state index in [0.29, 0.717) is 31.7 Å². The number of carbonyl (C=O) groups is 1. The topological polar surface area (TPSA) is 65.4 Å². The third-order valence-electron chi connectivity index (χ3n) is 4.98. The summed E-state index contributed by atoms with van der Waals surface area (Å²) in [5.41, 5.74) is 2.62. The Hall–Kier alpha value is -2.84. The molecule has 2 aromatic rings. The van der Waals surface area contributed by atoms with Crippen LogP contribution in [0, 0.1) is 11.3 Å². The van der Waals surface area contributed by atoms with Gasteiger partial charge in [0, 0.05) is 38.2 Å². The third kappa shape index (κ3) is 5.83. The second kappa shape index (κ2) is 10.5. The van der Waals surface area contributed by atoms with Crippen LogP contribution in [0.4, 0.5) is 0 Å². The van der Waals surface area contributed by atoms with Gasteiger partial charge in [0.25, 0.3) is 0 Å². The average Bonchev–Trinajstić information content (AvgIpc) is 2.76. The second-order valence-electron chi connectivity index (χ2n) is 7.07. The lowest BCUT2D eigenvalue weighted by atomic mass is 10.1. The van der Waals surface area contributed by atoms with E-state index in [2.05, 4.69) is 11.4 Å². The first kappa shape index (κ1) is 19.9. The van der Waals surface area contributed by atoms with Crippen molar-refractivity contribution in [2.75, 3.05) is 19.6 Å². The van der Waals surface area contributed by atoms with Gasteiger partial charge in [-0.3, -0.25) is 4.79 Å². The molecule has 1 fully saturated rings. The minimum atomic E-state index is 0.250. The molecule has 0 radical (unpaired) electrons. The van der Waals surface area contributed by atoms with E-state index in [1.54, 1.807) is 6.07 Å². The summed E-state index contributed by atoms with van der Waals surface area (Å²) in [6.07, 6.45) is 4.04. The third-order valence-corrected chi connectivity index (χ3v) is 4.98. The van der Waals surface area contributed by atoms with Crippen molar-refractivity contribution in [1.29, 1.82) is 5.26 Å². The number of benzene rings is 2. The van der Waals surface area contributed by atoms with E-state index in [1.165, 1.54) is 6.42 Å². The molecular weight excluding hydrogens is 350 g/mol. The molecule has 0 saturated carbocycles. The van der Waals surface area contributed by atoms with E-state index in [9.17, 15) is 4.79 Å². The van der Waals surface area contributed by atoms with E-state index >= 15 is 0 Å². The fourth-order valence-electron chi connectivity index (χ4n) is 3.39. The van der Waals surface area contributed by atoms with E-state index in [-0.39, 0.29) is 5.91 Å². The molecule has 1 saturated heterocycles. The summed E-state index contributed by atoms with van der Waals surface area (Å²) in [6.45, 7) is 3.56. The van der Waals surface area contributed by atoms with Crippen LogP contribution < -0.4 is 10.1 Å². The highest BCUT2D eigenvalue weighted by Crippen LogP contribution is 2.17. The number of piperidine rings is 1. The first-order chi connectivity index (χ1) is 13.8. The SMILES string of the molecule is N#Cc1ccccc1COc1cccc(CNCCC(=O)N2CCCCC2)c1. The van der Waals surface area contributed by atoms with Crippen molar-refractivity contribution in [3.63, 3.8) is 0 Å². The molecule has 0 atom stereocenters. The van der Waals surface area contributed by atoms with Gasteiger partial charge in [-0.1, -0.05) is 30.3 Å². The Kier molecular flexibility index (Phi) is 7.45. The fourth-order valence-corrected chi connectivity index (χ4v) is 3.39. The largest absolute Gasteiger partial charge is 0.489 e. The molecule has 5 heteroatoms. The van der Waals surface area contributed by atoms with Crippen LogP contribution in [0.5, 0.6) is 5.75 Å². The summed E-state index contributed by atoms with van der Waals surface area (Å²) >= 11 is 0. The lowest BCUT2D eigenvalue weighted by Gasteiger charge is -2.26. The summed E-state index contributed by atoms with van der Waals surface area (Å²) in [5.74, 6) is 1.02. The standard InChI is InChI=1S/C23H27N3O2/c24-16-20-8-2-3-9-21(20)18-28-22-10-6-7-19(15-22)17-25-12-11-23(27)26-13-4-1-5-14-26/h2-3,6-10,15,25H,1,4-5,11-14,17-18H2. The van der Waals surface area contributed by atoms with Crippen LogP contribution in [0.3, 0.4) is 0 Å². The number of likely N-dealkylation sites (tertiary alicyclic amines) is 1. The number of nitrogens with one attached hydrogen (secondary N) is 1. The fraction of sp³-hybridized carbons (Fsp3) is 0.391. The molecule has 0 aliphatic carbocycles. The van der Waals surface area contributed by atoms with Gasteiger partial charge in [0.05, 0.1) is 11.6 Å². The number of nitriles is 1. The highest BCUT2D eigenvalue weighted by atomic mass is 16.5. The molecule has 1 aliphatic rings. The number of rotatable bonds is 8. The molecule has 2 aromatic carbocycles. The lowest BCUT2D eigenvalue weighted by molar-refractivity contribution is -0.131. The van der Waals surface area contributed by atoms with Crippen LogP contribution >= 0.6 is 0 Å². The predicted octanol–water partition coefficient (Wildman–Crippen LogP) is 3.63. The Labute approximate surface area is 166 Å². The van der Waals surface area contributed by atoms with Crippen molar-refractivity contribution in [2.45, 2.75) is 38.8 Å². The van der Waals surface area contributed by atoms with E-state index in [1.807, 2.05) is 47.4 Å². The summed E-state index contributed by atoms with van der Waals surface area (Å²) in [4.78, 5) is 14.2. The summed E-state index contributed by atoms with van der Waals surface area (Å²) in [6, 6.07) is 17.6. The lowest BCUT2D eigenvalue weighted by Crippen LogP contribution is -2.37. The van der Waals surface area contributed by atoms with E-state index < -0.39 is 0 Å². The quantitative estimate of drug-likeness (QED) is 0.714. The highest BCUT2D eigenvalue weighted by Gasteiger charge is 2.15. The average molecular weight is 377 g/mol. The van der Waals surface area contributed by atoms with Gasteiger partial charge < -0.3 is 15.0 Å². The second-order valence-corrected chi connectivity index (χ2v) is 7.07. The monoisotopic (exact) mass is 377 g/mol. The highest BCUT2D eigenvalue weighted by molar-refractivity contribution is 5.76. The molecule has 0 aromatic heterocycles. The molecule has 0 spiro atoms. The minimum Gasteiger partial charge on any atom is -0.489 e. The van der Waals surface area contributed by atoms with Crippen molar-refractivity contribution in [3.05, 3.63) is 65.2 Å². The summed E-state index contributed by atoms with van der Waals surface area (Å²) in [5, 5.41) is 12.5. The van der Waals surface area contributed by atoms with Gasteiger partial charge in [-0.15, -0.1) is 0 Å². The van der Waals surface area contributed by atoms with E-state index in [0.717, 1.165) is 42.8 Å². The van der Waals surface area contributed by atoms with Crippen molar-refractivity contribution in [1.82, 2.24) is 10.2 Å². The van der Waals surface area contributed by atoms with Crippen LogP contribution in [0.15, 0.2) is 48.5 Å². The molecule has 1 heterocycles. The molecule has 3 rings (SSSR count). The smallest absolute Gasteiger partial charge is 0.223 e. The van der Waals surface area contributed by atoms with Crippen molar-refractivity contribution in [3.8, 4) is 11.8 Å². The number of carbonyl (C=O) groups excluding carboxylic acids is 1. The molecule has 1 N–H and O–H groups in total. The molecule has 5 nitrogen and oxygen atoms in total. The van der Waals surface area contributed by atoms with Crippen LogP contribution in [0.1, 0.15) is 42.4 Å². The zero-order chi connectivity index (χ0) is 19.6. The van der Waals surface area contributed by atoms with Crippen molar-refractivity contribution >= 4 is 5.91 Å². The number of amides is 1. The van der Waals surface area contributed by atoms with Gasteiger partial charge in [0.1, 0.15) is 12.4 Å². The van der Waals surface area contributed by atoms with Gasteiger partial charge in [0.15, 0.2) is 0 Å². The minimum absolute atomic E-state index is 0.250. The number of hydrogen-bond acceptors (Lipinski definition) is 4. The van der Waals surface area contributed by atoms with Crippen LogP contribution in [-0.2, 0) is 17.9 Å². The zero-order valence-corrected chi connectivity index (χ0v) is 16.2. The van der Waals surface area contributed by atoms with Crippen molar-refractivity contribution in [2.24, 2.45) is 0 Å². The number of nitrogens with zero attached hydrogens (tertiary/aromatic N) is 2. The molecule has 0 unspecified atom stereocenters. The van der Waals surface area contributed by atoms with Crippen LogP contribution in [-0.4, -0.2) is 30.4 Å². The number of hydrogen-bond donors (Lipinski definition) is 1. The molecule has 146 valence electrons. The zero-order valence-electron chi connectivity index (χ0n) is 16.2. The molecule has 1 aliphatic heterocycles. The van der Waals surface area contributed by atoms with Gasteiger partial charge >= 0.3 is 0 Å².